The first-order chi connectivity index (χ1) is 14.4. The SMILES string of the molecule is CCc1ccc(OCC(=O)Nc2sc(C)c(-c3ccc(Br)cc3)c2C(=O)OC)cc1. The topological polar surface area (TPSA) is 64.6 Å². The lowest BCUT2D eigenvalue weighted by Gasteiger charge is -2.09. The van der Waals surface area contributed by atoms with Crippen molar-refractivity contribution >= 4 is 44.1 Å². The number of thiophene rings is 1. The van der Waals surface area contributed by atoms with Crippen LogP contribution in [-0.2, 0) is 16.0 Å². The Balaban J connectivity index is 1.80. The quantitative estimate of drug-likeness (QED) is 0.424. The molecule has 0 aliphatic heterocycles. The molecule has 0 fully saturated rings. The number of carbonyl (C=O) groups is 2. The minimum Gasteiger partial charge on any atom is -0.484 e. The molecule has 30 heavy (non-hydrogen) atoms. The van der Waals surface area contributed by atoms with Gasteiger partial charge in [0.25, 0.3) is 5.91 Å². The van der Waals surface area contributed by atoms with E-state index in [1.165, 1.54) is 24.0 Å². The van der Waals surface area contributed by atoms with Crippen molar-refractivity contribution in [2.75, 3.05) is 19.0 Å². The fourth-order valence-corrected chi connectivity index (χ4v) is 4.37. The first-order valence-corrected chi connectivity index (χ1v) is 11.0. The maximum atomic E-state index is 12.5. The molecule has 0 unspecified atom stereocenters. The molecule has 156 valence electrons. The Morgan fingerprint density at radius 3 is 2.33 bits per heavy atom. The van der Waals surface area contributed by atoms with Gasteiger partial charge in [-0.05, 0) is 48.7 Å². The van der Waals surface area contributed by atoms with Crippen LogP contribution in [0.5, 0.6) is 5.75 Å². The van der Waals surface area contributed by atoms with E-state index in [1.54, 1.807) is 0 Å². The molecule has 3 aromatic rings. The number of esters is 1. The zero-order valence-corrected chi connectivity index (χ0v) is 19.4. The van der Waals surface area contributed by atoms with Crippen LogP contribution in [0.3, 0.4) is 0 Å². The van der Waals surface area contributed by atoms with Gasteiger partial charge in [0.1, 0.15) is 16.3 Å². The number of amides is 1. The van der Waals surface area contributed by atoms with Crippen LogP contribution in [0.15, 0.2) is 53.0 Å². The molecule has 5 nitrogen and oxygen atoms in total. The number of methoxy groups -OCH3 is 1. The summed E-state index contributed by atoms with van der Waals surface area (Å²) in [7, 11) is 1.33. The van der Waals surface area contributed by atoms with Crippen molar-refractivity contribution < 1.29 is 19.1 Å². The zero-order chi connectivity index (χ0) is 21.7. The average Bonchev–Trinajstić information content (AvgIpc) is 3.08. The summed E-state index contributed by atoms with van der Waals surface area (Å²) < 4.78 is 11.5. The van der Waals surface area contributed by atoms with Gasteiger partial charge >= 0.3 is 5.97 Å². The number of carbonyl (C=O) groups excluding carboxylic acids is 2. The van der Waals surface area contributed by atoms with Crippen LogP contribution in [-0.4, -0.2) is 25.6 Å². The maximum Gasteiger partial charge on any atom is 0.341 e. The third-order valence-electron chi connectivity index (χ3n) is 4.56. The Labute approximate surface area is 188 Å². The van der Waals surface area contributed by atoms with Gasteiger partial charge in [0.15, 0.2) is 6.61 Å². The van der Waals surface area contributed by atoms with E-state index in [4.69, 9.17) is 9.47 Å². The average molecular weight is 488 g/mol. The Morgan fingerprint density at radius 2 is 1.73 bits per heavy atom. The molecule has 1 amide bonds. The van der Waals surface area contributed by atoms with Gasteiger partial charge < -0.3 is 14.8 Å². The van der Waals surface area contributed by atoms with Crippen molar-refractivity contribution in [2.24, 2.45) is 0 Å². The van der Waals surface area contributed by atoms with E-state index in [0.29, 0.717) is 16.3 Å². The van der Waals surface area contributed by atoms with Crippen LogP contribution in [0.25, 0.3) is 11.1 Å². The molecular weight excluding hydrogens is 466 g/mol. The second-order valence-corrected chi connectivity index (χ2v) is 8.71. The van der Waals surface area contributed by atoms with Gasteiger partial charge in [-0.2, -0.15) is 0 Å². The largest absolute Gasteiger partial charge is 0.484 e. The highest BCUT2D eigenvalue weighted by Crippen LogP contribution is 2.40. The second kappa shape index (κ2) is 9.91. The number of halogens is 1. The number of hydrogen-bond acceptors (Lipinski definition) is 5. The van der Waals surface area contributed by atoms with Gasteiger partial charge in [0.05, 0.1) is 7.11 Å². The van der Waals surface area contributed by atoms with Crippen molar-refractivity contribution in [1.29, 1.82) is 0 Å². The highest BCUT2D eigenvalue weighted by Gasteiger charge is 2.25. The summed E-state index contributed by atoms with van der Waals surface area (Å²) in [5, 5.41) is 3.26. The fourth-order valence-electron chi connectivity index (χ4n) is 3.03. The Bertz CT molecular complexity index is 1040. The number of ether oxygens (including phenoxy) is 2. The first-order valence-electron chi connectivity index (χ1n) is 9.42. The lowest BCUT2D eigenvalue weighted by molar-refractivity contribution is -0.118. The molecule has 3 rings (SSSR count). The molecule has 0 saturated heterocycles. The number of nitrogens with one attached hydrogen (secondary N) is 1. The summed E-state index contributed by atoms with van der Waals surface area (Å²) in [6.07, 6.45) is 0.940. The standard InChI is InChI=1S/C23H22BrNO4S/c1-4-15-5-11-18(12-6-15)29-13-19(26)25-22-21(23(27)28-3)20(14(2)30-22)16-7-9-17(24)10-8-16/h5-12H,4,13H2,1-3H3,(H,25,26). The molecule has 0 bridgehead atoms. The summed E-state index contributed by atoms with van der Waals surface area (Å²) in [5.74, 6) is -0.222. The predicted octanol–water partition coefficient (Wildman–Crippen LogP) is 5.85. The van der Waals surface area contributed by atoms with Crippen LogP contribution in [0, 0.1) is 6.92 Å². The Morgan fingerprint density at radius 1 is 1.07 bits per heavy atom. The van der Waals surface area contributed by atoms with E-state index in [0.717, 1.165) is 26.9 Å². The predicted molar refractivity (Wildman–Crippen MR) is 123 cm³/mol. The highest BCUT2D eigenvalue weighted by atomic mass is 79.9. The van der Waals surface area contributed by atoms with Crippen molar-refractivity contribution in [3.63, 3.8) is 0 Å². The van der Waals surface area contributed by atoms with Crippen LogP contribution in [0.1, 0.15) is 27.7 Å². The minimum atomic E-state index is -0.497. The summed E-state index contributed by atoms with van der Waals surface area (Å²) >= 11 is 4.76. The molecule has 0 aliphatic carbocycles. The molecule has 0 aliphatic rings. The molecule has 0 saturated carbocycles. The number of aryl methyl sites for hydroxylation is 2. The molecule has 1 aromatic heterocycles. The van der Waals surface area contributed by atoms with E-state index in [9.17, 15) is 9.59 Å². The lowest BCUT2D eigenvalue weighted by atomic mass is 10.0. The maximum absolute atomic E-state index is 12.5. The van der Waals surface area contributed by atoms with Crippen LogP contribution >= 0.6 is 27.3 Å². The molecular formula is C23H22BrNO4S. The van der Waals surface area contributed by atoms with Gasteiger partial charge in [-0.1, -0.05) is 47.1 Å². The highest BCUT2D eigenvalue weighted by molar-refractivity contribution is 9.10. The Hall–Kier alpha value is -2.64. The fraction of sp³-hybridized carbons (Fsp3) is 0.217. The second-order valence-electron chi connectivity index (χ2n) is 6.57. The smallest absolute Gasteiger partial charge is 0.341 e. The van der Waals surface area contributed by atoms with E-state index in [-0.39, 0.29) is 12.5 Å². The van der Waals surface area contributed by atoms with Gasteiger partial charge in [-0.15, -0.1) is 11.3 Å². The van der Waals surface area contributed by atoms with Gasteiger partial charge in [0, 0.05) is 14.9 Å². The van der Waals surface area contributed by atoms with Crippen LogP contribution < -0.4 is 10.1 Å². The third kappa shape index (κ3) is 5.09. The monoisotopic (exact) mass is 487 g/mol. The van der Waals surface area contributed by atoms with Crippen molar-refractivity contribution in [3.05, 3.63) is 69.0 Å². The molecule has 1 N–H and O–H groups in total. The minimum absolute atomic E-state index is 0.156. The first kappa shape index (κ1) is 22.1. The molecule has 7 heteroatoms. The number of benzene rings is 2. The summed E-state index contributed by atoms with van der Waals surface area (Å²) in [6, 6.07) is 15.3. The molecule has 0 radical (unpaired) electrons. The van der Waals surface area contributed by atoms with Crippen molar-refractivity contribution in [3.8, 4) is 16.9 Å². The van der Waals surface area contributed by atoms with Gasteiger partial charge in [0.2, 0.25) is 0 Å². The molecule has 1 heterocycles. The summed E-state index contributed by atoms with van der Waals surface area (Å²) in [4.78, 5) is 25.9. The molecule has 0 spiro atoms. The van der Waals surface area contributed by atoms with E-state index >= 15 is 0 Å². The van der Waals surface area contributed by atoms with Gasteiger partial charge in [-0.25, -0.2) is 4.79 Å². The van der Waals surface area contributed by atoms with Crippen LogP contribution in [0.2, 0.25) is 0 Å². The number of rotatable bonds is 7. The van der Waals surface area contributed by atoms with Crippen molar-refractivity contribution in [2.45, 2.75) is 20.3 Å². The summed E-state index contributed by atoms with van der Waals surface area (Å²) in [6.45, 7) is 3.83. The van der Waals surface area contributed by atoms with Crippen molar-refractivity contribution in [1.82, 2.24) is 0 Å². The number of hydrogen-bond donors (Lipinski definition) is 1. The Kier molecular flexibility index (Phi) is 7.29. The van der Waals surface area contributed by atoms with Crippen LogP contribution in [0.4, 0.5) is 5.00 Å². The summed E-state index contributed by atoms with van der Waals surface area (Å²) in [5.41, 5.74) is 3.18. The molecule has 2 aromatic carbocycles. The van der Waals surface area contributed by atoms with E-state index < -0.39 is 5.97 Å². The molecule has 0 atom stereocenters. The van der Waals surface area contributed by atoms with E-state index in [2.05, 4.69) is 28.2 Å². The third-order valence-corrected chi connectivity index (χ3v) is 6.11. The normalized spacial score (nSPS) is 10.5. The lowest BCUT2D eigenvalue weighted by Crippen LogP contribution is -2.21. The van der Waals surface area contributed by atoms with Gasteiger partial charge in [-0.3, -0.25) is 4.79 Å². The van der Waals surface area contributed by atoms with E-state index in [1.807, 2.05) is 55.5 Å². The zero-order valence-electron chi connectivity index (χ0n) is 17.0. The number of anilines is 1.